The van der Waals surface area contributed by atoms with Gasteiger partial charge in [-0.1, -0.05) is 37.3 Å². The molecule has 0 bridgehead atoms. The van der Waals surface area contributed by atoms with Gasteiger partial charge in [-0.3, -0.25) is 0 Å². The van der Waals surface area contributed by atoms with Crippen molar-refractivity contribution >= 4 is 34.9 Å². The number of hydrogen-bond donors (Lipinski definition) is 2. The highest BCUT2D eigenvalue weighted by molar-refractivity contribution is 7.80. The van der Waals surface area contributed by atoms with E-state index in [0.29, 0.717) is 29.6 Å². The second-order valence-corrected chi connectivity index (χ2v) is 10.5. The first-order valence-corrected chi connectivity index (χ1v) is 13.6. The van der Waals surface area contributed by atoms with Crippen LogP contribution in [0.5, 0.6) is 0 Å². The maximum absolute atomic E-state index is 5.99. The van der Waals surface area contributed by atoms with E-state index in [0.717, 1.165) is 48.4 Å². The zero-order chi connectivity index (χ0) is 24.9. The molecule has 0 aliphatic carbocycles. The van der Waals surface area contributed by atoms with E-state index in [1.807, 2.05) is 42.5 Å². The minimum absolute atomic E-state index is 0.470. The summed E-state index contributed by atoms with van der Waals surface area (Å²) < 4.78 is 5.99. The molecule has 7 nitrogen and oxygen atoms in total. The first-order chi connectivity index (χ1) is 17.5. The molecule has 2 aliphatic heterocycles. The molecule has 8 heteroatoms. The molecule has 0 unspecified atom stereocenters. The number of aromatic nitrogens is 2. The van der Waals surface area contributed by atoms with Gasteiger partial charge in [0.2, 0.25) is 5.95 Å². The van der Waals surface area contributed by atoms with Crippen LogP contribution in [0.25, 0.3) is 11.3 Å². The molecule has 3 aromatic rings. The Bertz CT molecular complexity index is 1170. The fourth-order valence-corrected chi connectivity index (χ4v) is 5.33. The van der Waals surface area contributed by atoms with Crippen molar-refractivity contribution in [2.45, 2.75) is 58.5 Å². The predicted molar refractivity (Wildman–Crippen MR) is 151 cm³/mol. The lowest BCUT2D eigenvalue weighted by molar-refractivity contribution is 0.444. The molecule has 2 aliphatic rings. The van der Waals surface area contributed by atoms with Crippen LogP contribution >= 0.6 is 12.2 Å². The number of thiocarbonyl (C=S) groups is 1. The maximum Gasteiger partial charge on any atom is 0.232 e. The molecule has 2 fully saturated rings. The third kappa shape index (κ3) is 5.98. The molecule has 2 N–H and O–H groups in total. The van der Waals surface area contributed by atoms with Crippen LogP contribution in [0.15, 0.2) is 52.9 Å². The molecule has 36 heavy (non-hydrogen) atoms. The fraction of sp³-hybridized carbons (Fsp3) is 0.464. The molecule has 2 atom stereocenters. The molecule has 0 amide bonds. The van der Waals surface area contributed by atoms with Gasteiger partial charge in [0.1, 0.15) is 23.2 Å². The Labute approximate surface area is 219 Å². The van der Waals surface area contributed by atoms with Crippen molar-refractivity contribution in [3.63, 3.8) is 0 Å². The SMILES string of the molecule is C[C@H]1CCCN(c2cc(N3CCCC[C@H]3C)nc(NC(=S)NCc3ccc(-c4ccccc4)o3)n2)C1. The molecule has 190 valence electrons. The summed E-state index contributed by atoms with van der Waals surface area (Å²) in [5, 5.41) is 6.97. The van der Waals surface area contributed by atoms with E-state index in [1.165, 1.54) is 32.1 Å². The van der Waals surface area contributed by atoms with Gasteiger partial charge in [0.05, 0.1) is 6.54 Å². The first kappa shape index (κ1) is 24.6. The molecule has 0 spiro atoms. The molecule has 0 radical (unpaired) electrons. The van der Waals surface area contributed by atoms with Gasteiger partial charge in [-0.05, 0) is 69.3 Å². The van der Waals surface area contributed by atoms with Gasteiger partial charge in [0, 0.05) is 37.3 Å². The third-order valence-corrected chi connectivity index (χ3v) is 7.39. The zero-order valence-electron chi connectivity index (χ0n) is 21.2. The summed E-state index contributed by atoms with van der Waals surface area (Å²) in [6.07, 6.45) is 6.13. The summed E-state index contributed by atoms with van der Waals surface area (Å²) in [5.41, 5.74) is 1.06. The molecule has 5 rings (SSSR count). The van der Waals surface area contributed by atoms with Gasteiger partial charge in [-0.15, -0.1) is 0 Å². The molecule has 2 saturated heterocycles. The Morgan fingerprint density at radius 3 is 2.64 bits per heavy atom. The molecule has 4 heterocycles. The molecular formula is C28H36N6OS. The van der Waals surface area contributed by atoms with Crippen molar-refractivity contribution in [3.8, 4) is 11.3 Å². The van der Waals surface area contributed by atoms with Gasteiger partial charge in [-0.25, -0.2) is 0 Å². The average Bonchev–Trinajstić information content (AvgIpc) is 3.37. The second kappa shape index (κ2) is 11.3. The smallest absolute Gasteiger partial charge is 0.232 e. The Morgan fingerprint density at radius 2 is 1.83 bits per heavy atom. The topological polar surface area (TPSA) is 69.5 Å². The predicted octanol–water partition coefficient (Wildman–Crippen LogP) is 5.84. The van der Waals surface area contributed by atoms with Crippen LogP contribution in [0.3, 0.4) is 0 Å². The van der Waals surface area contributed by atoms with Gasteiger partial charge >= 0.3 is 0 Å². The minimum atomic E-state index is 0.470. The van der Waals surface area contributed by atoms with Gasteiger partial charge in [-0.2, -0.15) is 9.97 Å². The van der Waals surface area contributed by atoms with E-state index in [9.17, 15) is 0 Å². The summed E-state index contributed by atoms with van der Waals surface area (Å²) in [6, 6.07) is 16.7. The van der Waals surface area contributed by atoms with Crippen LogP contribution in [0, 0.1) is 5.92 Å². The first-order valence-electron chi connectivity index (χ1n) is 13.1. The van der Waals surface area contributed by atoms with Crippen molar-refractivity contribution in [2.24, 2.45) is 5.92 Å². The van der Waals surface area contributed by atoms with Crippen LogP contribution < -0.4 is 20.4 Å². The highest BCUT2D eigenvalue weighted by atomic mass is 32.1. The number of hydrogen-bond acceptors (Lipinski definition) is 6. The number of nitrogens with zero attached hydrogens (tertiary/aromatic N) is 4. The molecular weight excluding hydrogens is 468 g/mol. The summed E-state index contributed by atoms with van der Waals surface area (Å²) >= 11 is 5.61. The van der Waals surface area contributed by atoms with E-state index < -0.39 is 0 Å². The van der Waals surface area contributed by atoms with E-state index in [4.69, 9.17) is 26.6 Å². The maximum atomic E-state index is 5.99. The highest BCUT2D eigenvalue weighted by Gasteiger charge is 2.24. The number of rotatable bonds is 6. The van der Waals surface area contributed by atoms with Crippen LogP contribution in [0.1, 0.15) is 51.7 Å². The van der Waals surface area contributed by atoms with Gasteiger partial charge in [0.25, 0.3) is 0 Å². The largest absolute Gasteiger partial charge is 0.459 e. The second-order valence-electron chi connectivity index (χ2n) is 10.1. The van der Waals surface area contributed by atoms with Crippen molar-refractivity contribution in [3.05, 3.63) is 54.3 Å². The van der Waals surface area contributed by atoms with Crippen LogP contribution in [-0.2, 0) is 6.54 Å². The van der Waals surface area contributed by atoms with Crippen molar-refractivity contribution < 1.29 is 4.42 Å². The van der Waals surface area contributed by atoms with Crippen molar-refractivity contribution in [1.29, 1.82) is 0 Å². The lowest BCUT2D eigenvalue weighted by atomic mass is 10.0. The molecule has 1 aromatic carbocycles. The third-order valence-electron chi connectivity index (χ3n) is 7.15. The fourth-order valence-electron chi connectivity index (χ4n) is 5.17. The van der Waals surface area contributed by atoms with E-state index in [2.05, 4.69) is 40.3 Å². The van der Waals surface area contributed by atoms with Crippen LogP contribution in [0.4, 0.5) is 17.6 Å². The number of furan rings is 1. The van der Waals surface area contributed by atoms with E-state index >= 15 is 0 Å². The monoisotopic (exact) mass is 504 g/mol. The molecule has 0 saturated carbocycles. The van der Waals surface area contributed by atoms with E-state index in [1.54, 1.807) is 0 Å². The van der Waals surface area contributed by atoms with Crippen LogP contribution in [0.2, 0.25) is 0 Å². The standard InChI is InChI=1S/C28H36N6OS/c1-20-9-8-15-33(19-20)25-17-26(34-16-7-6-10-21(34)2)31-27(30-25)32-28(36)29-18-23-13-14-24(35-23)22-11-4-3-5-12-22/h3-5,11-14,17,20-21H,6-10,15-16,18-19H2,1-2H3,(H2,29,30,31,32,36)/t20-,21+/m0/s1. The zero-order valence-corrected chi connectivity index (χ0v) is 22.1. The number of anilines is 3. The Morgan fingerprint density at radius 1 is 1.00 bits per heavy atom. The summed E-state index contributed by atoms with van der Waals surface area (Å²) in [6.45, 7) is 8.17. The quantitative estimate of drug-likeness (QED) is 0.406. The number of piperidine rings is 2. The van der Waals surface area contributed by atoms with Crippen molar-refractivity contribution in [2.75, 3.05) is 34.8 Å². The lowest BCUT2D eigenvalue weighted by Crippen LogP contribution is -2.39. The van der Waals surface area contributed by atoms with Crippen molar-refractivity contribution in [1.82, 2.24) is 15.3 Å². The van der Waals surface area contributed by atoms with Crippen LogP contribution in [-0.4, -0.2) is 40.8 Å². The normalized spacial score (nSPS) is 20.3. The van der Waals surface area contributed by atoms with E-state index in [-0.39, 0.29) is 0 Å². The summed E-state index contributed by atoms with van der Waals surface area (Å²) in [4.78, 5) is 14.6. The average molecular weight is 505 g/mol. The number of benzene rings is 1. The Kier molecular flexibility index (Phi) is 7.70. The molecule has 2 aromatic heterocycles. The van der Waals surface area contributed by atoms with Gasteiger partial charge in [0.15, 0.2) is 5.11 Å². The summed E-state index contributed by atoms with van der Waals surface area (Å²) in [5.74, 6) is 4.83. The Balaban J connectivity index is 1.29. The highest BCUT2D eigenvalue weighted by Crippen LogP contribution is 2.29. The van der Waals surface area contributed by atoms with Gasteiger partial charge < -0.3 is 24.9 Å². The summed E-state index contributed by atoms with van der Waals surface area (Å²) in [7, 11) is 0. The Hall–Kier alpha value is -3.13. The minimum Gasteiger partial charge on any atom is -0.459 e. The lowest BCUT2D eigenvalue weighted by Gasteiger charge is -2.36. The number of nitrogens with one attached hydrogen (secondary N) is 2.